The summed E-state index contributed by atoms with van der Waals surface area (Å²) in [5, 5.41) is 0. The van der Waals surface area contributed by atoms with Crippen LogP contribution in [0.2, 0.25) is 0 Å². The van der Waals surface area contributed by atoms with E-state index in [0.29, 0.717) is 19.1 Å². The van der Waals surface area contributed by atoms with E-state index in [0.717, 1.165) is 0 Å². The normalized spacial score (nSPS) is 11.9. The van der Waals surface area contributed by atoms with Crippen LogP contribution in [0.5, 0.6) is 0 Å². The Balaban J connectivity index is 0. The van der Waals surface area contributed by atoms with Gasteiger partial charge in [-0.05, 0) is 5.92 Å². The molecule has 13 heavy (non-hydrogen) atoms. The molecular formula is C7H20N2O3Ti. The predicted octanol–water partition coefficient (Wildman–Crippen LogP) is -0.263. The van der Waals surface area contributed by atoms with E-state index >= 15 is 0 Å². The fourth-order valence-electron chi connectivity index (χ4n) is 0.396. The third-order valence-corrected chi connectivity index (χ3v) is 2.23. The molecule has 0 aliphatic heterocycles. The van der Waals surface area contributed by atoms with Crippen LogP contribution in [0.15, 0.2) is 0 Å². The molecule has 0 amide bonds. The van der Waals surface area contributed by atoms with Crippen LogP contribution in [0.25, 0.3) is 0 Å². The van der Waals surface area contributed by atoms with E-state index in [1.807, 2.05) is 0 Å². The molecule has 0 radical (unpaired) electrons. The molecule has 0 aromatic carbocycles. The molecule has 0 heterocycles. The van der Waals surface area contributed by atoms with Gasteiger partial charge in [0.05, 0.1) is 0 Å². The molecule has 1 atom stereocenters. The van der Waals surface area contributed by atoms with Gasteiger partial charge >= 0.3 is 42.5 Å². The van der Waals surface area contributed by atoms with Crippen LogP contribution < -0.4 is 11.5 Å². The Hall–Kier alpha value is 0.354. The number of rotatable bonds is 4. The molecule has 0 aromatic heterocycles. The van der Waals surface area contributed by atoms with Gasteiger partial charge in [-0.15, -0.1) is 0 Å². The number of nitrogens with two attached hydrogens (primary N) is 2. The summed E-state index contributed by atoms with van der Waals surface area (Å²) >= 11 is -3.13. The molecule has 0 bridgehead atoms. The Kier molecular flexibility index (Phi) is 12.7. The van der Waals surface area contributed by atoms with Crippen molar-refractivity contribution in [2.75, 3.05) is 13.2 Å². The zero-order valence-electron chi connectivity index (χ0n) is 8.49. The first kappa shape index (κ1) is 15.8. The predicted molar refractivity (Wildman–Crippen MR) is 46.4 cm³/mol. The van der Waals surface area contributed by atoms with Gasteiger partial charge in [0, 0.05) is 12.6 Å². The Labute approximate surface area is 86.5 Å². The standard InChI is InChI=1S/C5H14N2.C2H5O.H2O.O.Ti/c1-4(2)5(7)3-6;1-2-3;;;/h4-5H,3,6-7H2,1-2H3;2H2,1H3;1H2;;/q;-1;;;+2/p-1. The van der Waals surface area contributed by atoms with Gasteiger partial charge in [0.25, 0.3) is 0 Å². The molecule has 0 aliphatic rings. The molecule has 1 unspecified atom stereocenters. The molecule has 0 aromatic rings. The van der Waals surface area contributed by atoms with Gasteiger partial charge in [-0.3, -0.25) is 0 Å². The van der Waals surface area contributed by atoms with E-state index in [9.17, 15) is 3.32 Å². The maximum absolute atomic E-state index is 9.63. The summed E-state index contributed by atoms with van der Waals surface area (Å²) in [6, 6.07) is 0.181. The second-order valence-electron chi connectivity index (χ2n) is 2.84. The Morgan fingerprint density at radius 3 is 2.00 bits per heavy atom. The average molecular weight is 228 g/mol. The molecule has 0 rings (SSSR count). The SMILES string of the molecule is CC(C)C(N)CN.CC[O][Ti](=[O])[OH]. The minimum atomic E-state index is -3.13. The Morgan fingerprint density at radius 2 is 2.00 bits per heavy atom. The van der Waals surface area contributed by atoms with Gasteiger partial charge in [-0.1, -0.05) is 13.8 Å². The molecule has 0 saturated heterocycles. The van der Waals surface area contributed by atoms with Gasteiger partial charge in [0.15, 0.2) is 0 Å². The first-order valence-corrected chi connectivity index (χ1v) is 6.24. The molecular weight excluding hydrogens is 208 g/mol. The van der Waals surface area contributed by atoms with Crippen LogP contribution in [0, 0.1) is 5.92 Å². The van der Waals surface area contributed by atoms with Crippen LogP contribution in [-0.4, -0.2) is 22.9 Å². The van der Waals surface area contributed by atoms with E-state index in [2.05, 4.69) is 17.2 Å². The maximum atomic E-state index is 9.63. The first-order chi connectivity index (χ1) is 5.95. The fraction of sp³-hybridized carbons (Fsp3) is 1.00. The third-order valence-electron chi connectivity index (χ3n) is 1.40. The summed E-state index contributed by atoms with van der Waals surface area (Å²) in [5.74, 6) is 0.519. The van der Waals surface area contributed by atoms with Gasteiger partial charge in [-0.2, -0.15) is 0 Å². The van der Waals surface area contributed by atoms with Crippen molar-refractivity contribution in [3.63, 3.8) is 0 Å². The van der Waals surface area contributed by atoms with Crippen molar-refractivity contribution in [3.05, 3.63) is 0 Å². The number of hydrogen-bond acceptors (Lipinski definition) is 4. The van der Waals surface area contributed by atoms with E-state index in [1.54, 1.807) is 6.92 Å². The minimum absolute atomic E-state index is 0.181. The quantitative estimate of drug-likeness (QED) is 0.575. The summed E-state index contributed by atoms with van der Waals surface area (Å²) in [4.78, 5) is 0. The van der Waals surface area contributed by atoms with Crippen molar-refractivity contribution in [2.45, 2.75) is 26.8 Å². The second kappa shape index (κ2) is 10.4. The molecule has 0 spiro atoms. The van der Waals surface area contributed by atoms with Crippen LogP contribution in [0.1, 0.15) is 20.8 Å². The number of hydrogen-bond donors (Lipinski definition) is 3. The topological polar surface area (TPSA) is 98.6 Å². The van der Waals surface area contributed by atoms with Crippen LogP contribution >= 0.6 is 0 Å². The van der Waals surface area contributed by atoms with Crippen molar-refractivity contribution < 1.29 is 28.9 Å². The Bertz CT molecular complexity index is 133. The van der Waals surface area contributed by atoms with Gasteiger partial charge < -0.3 is 11.5 Å². The van der Waals surface area contributed by atoms with Crippen molar-refractivity contribution >= 4 is 0 Å². The monoisotopic (exact) mass is 228 g/mol. The van der Waals surface area contributed by atoms with Crippen molar-refractivity contribution in [3.8, 4) is 0 Å². The Morgan fingerprint density at radius 1 is 1.54 bits per heavy atom. The molecule has 5 N–H and O–H groups in total. The molecule has 5 nitrogen and oxygen atoms in total. The van der Waals surface area contributed by atoms with Gasteiger partial charge in [0.1, 0.15) is 0 Å². The summed E-state index contributed by atoms with van der Waals surface area (Å²) in [5.41, 5.74) is 10.7. The van der Waals surface area contributed by atoms with Crippen LogP contribution in [-0.2, 0) is 25.3 Å². The summed E-state index contributed by atoms with van der Waals surface area (Å²) in [6.07, 6.45) is 0. The van der Waals surface area contributed by atoms with E-state index in [4.69, 9.17) is 15.2 Å². The average Bonchev–Trinajstić information content (AvgIpc) is 2.03. The van der Waals surface area contributed by atoms with E-state index in [1.165, 1.54) is 0 Å². The van der Waals surface area contributed by atoms with Gasteiger partial charge in [0.2, 0.25) is 0 Å². The first-order valence-electron chi connectivity index (χ1n) is 4.27. The van der Waals surface area contributed by atoms with Crippen molar-refractivity contribution in [1.82, 2.24) is 0 Å². The zero-order chi connectivity index (χ0) is 10.9. The van der Waals surface area contributed by atoms with Crippen LogP contribution in [0.4, 0.5) is 0 Å². The van der Waals surface area contributed by atoms with Crippen molar-refractivity contribution in [2.24, 2.45) is 17.4 Å². The summed E-state index contributed by atoms with van der Waals surface area (Å²) in [6.45, 7) is 6.75. The van der Waals surface area contributed by atoms with Crippen LogP contribution in [0.3, 0.4) is 0 Å². The van der Waals surface area contributed by atoms with E-state index in [-0.39, 0.29) is 6.04 Å². The van der Waals surface area contributed by atoms with Crippen molar-refractivity contribution in [1.29, 1.82) is 0 Å². The molecule has 0 fully saturated rings. The third kappa shape index (κ3) is 15.1. The molecule has 0 aliphatic carbocycles. The van der Waals surface area contributed by atoms with E-state index < -0.39 is 18.6 Å². The molecule has 0 saturated carbocycles. The summed E-state index contributed by atoms with van der Waals surface area (Å²) in [7, 11) is 0. The summed E-state index contributed by atoms with van der Waals surface area (Å²) < 4.78 is 21.8. The zero-order valence-corrected chi connectivity index (χ0v) is 10.0. The second-order valence-corrected chi connectivity index (χ2v) is 4.12. The molecule has 6 heteroatoms. The van der Waals surface area contributed by atoms with Gasteiger partial charge in [-0.25, -0.2) is 0 Å². The fourth-order valence-corrected chi connectivity index (χ4v) is 0.781. The molecule has 80 valence electrons.